The van der Waals surface area contributed by atoms with Crippen molar-refractivity contribution in [2.75, 3.05) is 5.32 Å². The Kier molecular flexibility index (Phi) is 4.67. The van der Waals surface area contributed by atoms with Gasteiger partial charge in [0.05, 0.1) is 11.7 Å². The summed E-state index contributed by atoms with van der Waals surface area (Å²) in [5.74, 6) is -1.23. The van der Waals surface area contributed by atoms with Crippen LogP contribution < -0.4 is 10.1 Å². The monoisotopic (exact) mass is 299 g/mol. The highest BCUT2D eigenvalue weighted by Gasteiger charge is 2.15. The van der Waals surface area contributed by atoms with Crippen LogP contribution >= 0.6 is 0 Å². The molecular weight excluding hydrogens is 286 g/mol. The maximum absolute atomic E-state index is 13.6. The largest absolute Gasteiger partial charge is 0.434 e. The van der Waals surface area contributed by atoms with E-state index in [2.05, 4.69) is 10.1 Å². The zero-order valence-corrected chi connectivity index (χ0v) is 11.1. The molecule has 2 nitrogen and oxygen atoms in total. The summed E-state index contributed by atoms with van der Waals surface area (Å²) >= 11 is 0. The Hall–Kier alpha value is -2.24. The van der Waals surface area contributed by atoms with Crippen molar-refractivity contribution in [2.24, 2.45) is 0 Å². The minimum absolute atomic E-state index is 0.00990. The third-order valence-corrected chi connectivity index (χ3v) is 2.90. The maximum atomic E-state index is 13.6. The maximum Gasteiger partial charge on any atom is 0.387 e. The minimum atomic E-state index is -2.95. The Labute approximate surface area is 119 Å². The number of ether oxygens (including phenoxy) is 1. The lowest BCUT2D eigenvalue weighted by molar-refractivity contribution is -0.0505. The summed E-state index contributed by atoms with van der Waals surface area (Å²) in [7, 11) is 0. The molecule has 0 aliphatic heterocycles. The number of benzene rings is 2. The van der Waals surface area contributed by atoms with Crippen LogP contribution in [0.3, 0.4) is 0 Å². The highest BCUT2D eigenvalue weighted by Crippen LogP contribution is 2.29. The Morgan fingerprint density at radius 1 is 1.05 bits per heavy atom. The fourth-order valence-electron chi connectivity index (χ4n) is 1.96. The molecule has 0 saturated heterocycles. The van der Waals surface area contributed by atoms with Crippen LogP contribution in [-0.2, 0) is 0 Å². The van der Waals surface area contributed by atoms with Crippen molar-refractivity contribution < 1.29 is 22.3 Å². The third-order valence-electron chi connectivity index (χ3n) is 2.90. The molecule has 0 amide bonds. The molecule has 0 saturated carbocycles. The van der Waals surface area contributed by atoms with Crippen molar-refractivity contribution in [3.05, 3.63) is 59.7 Å². The van der Waals surface area contributed by atoms with E-state index in [1.807, 2.05) is 0 Å². The van der Waals surface area contributed by atoms with Gasteiger partial charge >= 0.3 is 6.61 Å². The van der Waals surface area contributed by atoms with E-state index in [-0.39, 0.29) is 11.4 Å². The van der Waals surface area contributed by atoms with E-state index in [1.54, 1.807) is 25.1 Å². The molecule has 0 heterocycles. The SMILES string of the molecule is CC(Nc1cc(F)ccc1F)c1ccccc1OC(F)F. The highest BCUT2D eigenvalue weighted by atomic mass is 19.3. The van der Waals surface area contributed by atoms with E-state index in [1.165, 1.54) is 6.07 Å². The number of rotatable bonds is 5. The van der Waals surface area contributed by atoms with Crippen LogP contribution in [-0.4, -0.2) is 6.61 Å². The molecule has 112 valence electrons. The number of para-hydroxylation sites is 1. The second kappa shape index (κ2) is 6.47. The highest BCUT2D eigenvalue weighted by molar-refractivity contribution is 5.49. The first-order valence-electron chi connectivity index (χ1n) is 6.22. The lowest BCUT2D eigenvalue weighted by atomic mass is 10.1. The van der Waals surface area contributed by atoms with Gasteiger partial charge in [0.2, 0.25) is 0 Å². The van der Waals surface area contributed by atoms with Crippen molar-refractivity contribution in [1.29, 1.82) is 0 Å². The molecule has 21 heavy (non-hydrogen) atoms. The second-order valence-electron chi connectivity index (χ2n) is 4.41. The number of hydrogen-bond donors (Lipinski definition) is 1. The topological polar surface area (TPSA) is 21.3 Å². The first-order chi connectivity index (χ1) is 9.97. The number of alkyl halides is 2. The molecule has 0 spiro atoms. The fourth-order valence-corrected chi connectivity index (χ4v) is 1.96. The average Bonchev–Trinajstić information content (AvgIpc) is 2.42. The van der Waals surface area contributed by atoms with Gasteiger partial charge in [-0.05, 0) is 31.2 Å². The molecule has 0 radical (unpaired) electrons. The van der Waals surface area contributed by atoms with Gasteiger partial charge in [0, 0.05) is 5.56 Å². The molecule has 1 unspecified atom stereocenters. The van der Waals surface area contributed by atoms with E-state index in [4.69, 9.17) is 0 Å². The van der Waals surface area contributed by atoms with Crippen molar-refractivity contribution in [2.45, 2.75) is 19.6 Å². The number of anilines is 1. The number of halogens is 4. The molecule has 0 aliphatic carbocycles. The molecule has 2 aromatic carbocycles. The number of nitrogens with one attached hydrogen (secondary N) is 1. The van der Waals surface area contributed by atoms with E-state index in [0.717, 1.165) is 18.2 Å². The van der Waals surface area contributed by atoms with Crippen LogP contribution in [0.4, 0.5) is 23.2 Å². The van der Waals surface area contributed by atoms with Gasteiger partial charge in [0.1, 0.15) is 17.4 Å². The van der Waals surface area contributed by atoms with Crippen molar-refractivity contribution >= 4 is 5.69 Å². The predicted octanol–water partition coefficient (Wildman–Crippen LogP) is 4.74. The summed E-state index contributed by atoms with van der Waals surface area (Å²) in [4.78, 5) is 0. The third kappa shape index (κ3) is 3.87. The van der Waals surface area contributed by atoms with Crippen LogP contribution in [0.25, 0.3) is 0 Å². The zero-order valence-electron chi connectivity index (χ0n) is 11.1. The van der Waals surface area contributed by atoms with Crippen LogP contribution in [0.1, 0.15) is 18.5 Å². The molecule has 6 heteroatoms. The Morgan fingerprint density at radius 3 is 2.48 bits per heavy atom. The van der Waals surface area contributed by atoms with E-state index in [9.17, 15) is 17.6 Å². The van der Waals surface area contributed by atoms with Crippen molar-refractivity contribution in [3.63, 3.8) is 0 Å². The van der Waals surface area contributed by atoms with Crippen LogP contribution in [0.15, 0.2) is 42.5 Å². The van der Waals surface area contributed by atoms with Crippen molar-refractivity contribution in [1.82, 2.24) is 0 Å². The molecule has 2 rings (SSSR count). The molecule has 1 atom stereocenters. The summed E-state index contributed by atoms with van der Waals surface area (Å²) in [6.45, 7) is -1.32. The number of hydrogen-bond acceptors (Lipinski definition) is 2. The summed E-state index contributed by atoms with van der Waals surface area (Å²) in [6.07, 6.45) is 0. The van der Waals surface area contributed by atoms with E-state index >= 15 is 0 Å². The lowest BCUT2D eigenvalue weighted by Crippen LogP contribution is -2.12. The summed E-state index contributed by atoms with van der Waals surface area (Å²) in [5, 5.41) is 2.74. The summed E-state index contributed by atoms with van der Waals surface area (Å²) in [5.41, 5.74) is 0.371. The molecule has 1 N–H and O–H groups in total. The Balaban J connectivity index is 2.24. The Morgan fingerprint density at radius 2 is 1.76 bits per heavy atom. The molecular formula is C15H13F4NO. The summed E-state index contributed by atoms with van der Waals surface area (Å²) < 4.78 is 55.8. The van der Waals surface area contributed by atoms with Gasteiger partial charge in [-0.3, -0.25) is 0 Å². The normalized spacial score (nSPS) is 12.3. The van der Waals surface area contributed by atoms with Crippen molar-refractivity contribution in [3.8, 4) is 5.75 Å². The first-order valence-corrected chi connectivity index (χ1v) is 6.22. The zero-order chi connectivity index (χ0) is 15.4. The second-order valence-corrected chi connectivity index (χ2v) is 4.41. The average molecular weight is 299 g/mol. The quantitative estimate of drug-likeness (QED) is 0.805. The predicted molar refractivity (Wildman–Crippen MR) is 71.5 cm³/mol. The Bertz CT molecular complexity index is 618. The first kappa shape index (κ1) is 15.2. The molecule has 2 aromatic rings. The van der Waals surface area contributed by atoms with Gasteiger partial charge in [-0.25, -0.2) is 8.78 Å². The molecule has 0 aromatic heterocycles. The molecule has 0 fully saturated rings. The minimum Gasteiger partial charge on any atom is -0.434 e. The van der Waals surface area contributed by atoms with Crippen LogP contribution in [0.2, 0.25) is 0 Å². The van der Waals surface area contributed by atoms with E-state index < -0.39 is 24.3 Å². The van der Waals surface area contributed by atoms with Crippen LogP contribution in [0, 0.1) is 11.6 Å². The smallest absolute Gasteiger partial charge is 0.387 e. The fraction of sp³-hybridized carbons (Fsp3) is 0.200. The van der Waals surface area contributed by atoms with Gasteiger partial charge in [0.15, 0.2) is 0 Å². The van der Waals surface area contributed by atoms with E-state index in [0.29, 0.717) is 5.56 Å². The lowest BCUT2D eigenvalue weighted by Gasteiger charge is -2.19. The molecule has 0 aliphatic rings. The van der Waals surface area contributed by atoms with Gasteiger partial charge in [-0.2, -0.15) is 8.78 Å². The van der Waals surface area contributed by atoms with Gasteiger partial charge in [-0.15, -0.1) is 0 Å². The van der Waals surface area contributed by atoms with Gasteiger partial charge in [-0.1, -0.05) is 18.2 Å². The molecule has 0 bridgehead atoms. The van der Waals surface area contributed by atoms with Gasteiger partial charge < -0.3 is 10.1 Å². The summed E-state index contributed by atoms with van der Waals surface area (Å²) in [6, 6.07) is 8.61. The standard InChI is InChI=1S/C15H13F4NO/c1-9(20-13-8-10(16)6-7-12(13)17)11-4-2-3-5-14(11)21-15(18)19/h2-9,15,20H,1H3. The van der Waals surface area contributed by atoms with Crippen LogP contribution in [0.5, 0.6) is 5.75 Å². The van der Waals surface area contributed by atoms with Gasteiger partial charge in [0.25, 0.3) is 0 Å².